The second kappa shape index (κ2) is 7.52. The van der Waals surface area contributed by atoms with Crippen molar-refractivity contribution in [3.63, 3.8) is 0 Å². The lowest BCUT2D eigenvalue weighted by Gasteiger charge is -2.20. The van der Waals surface area contributed by atoms with Crippen LogP contribution in [0.1, 0.15) is 35.5 Å². The Morgan fingerprint density at radius 3 is 2.48 bits per heavy atom. The Morgan fingerprint density at radius 1 is 1.26 bits per heavy atom. The van der Waals surface area contributed by atoms with Crippen molar-refractivity contribution in [2.75, 3.05) is 11.9 Å². The average molecular weight is 385 g/mol. The molecule has 1 saturated heterocycles. The van der Waals surface area contributed by atoms with Crippen LogP contribution in [-0.2, 0) is 9.59 Å². The van der Waals surface area contributed by atoms with E-state index >= 15 is 0 Å². The number of nitrogens with one attached hydrogen (secondary N) is 1. The molecule has 0 radical (unpaired) electrons. The second-order valence-electron chi connectivity index (χ2n) is 7.00. The summed E-state index contributed by atoms with van der Waals surface area (Å²) in [5.41, 5.74) is 7.58. The van der Waals surface area contributed by atoms with E-state index in [2.05, 4.69) is 5.32 Å². The van der Waals surface area contributed by atoms with Gasteiger partial charge in [0.15, 0.2) is 0 Å². The molecule has 1 aromatic heterocycles. The highest BCUT2D eigenvalue weighted by Crippen LogP contribution is 2.40. The minimum absolute atomic E-state index is 0.0207. The fourth-order valence-electron chi connectivity index (χ4n) is 3.44. The molecule has 7 heteroatoms. The van der Waals surface area contributed by atoms with Crippen molar-refractivity contribution in [3.05, 3.63) is 40.8 Å². The summed E-state index contributed by atoms with van der Waals surface area (Å²) in [4.78, 5) is 39.5. The van der Waals surface area contributed by atoms with Crippen molar-refractivity contribution >= 4 is 34.1 Å². The highest BCUT2D eigenvalue weighted by Gasteiger charge is 2.36. The topological polar surface area (TPSA) is 92.5 Å². The zero-order valence-electron chi connectivity index (χ0n) is 15.6. The number of nitrogens with two attached hydrogens (primary N) is 1. The van der Waals surface area contributed by atoms with E-state index < -0.39 is 11.8 Å². The van der Waals surface area contributed by atoms with E-state index in [1.165, 1.54) is 11.3 Å². The first-order valence-electron chi connectivity index (χ1n) is 8.88. The summed E-state index contributed by atoms with van der Waals surface area (Å²) in [7, 11) is 0. The maximum absolute atomic E-state index is 12.7. The largest absolute Gasteiger partial charge is 0.365 e. The number of hydrogen-bond donors (Lipinski definition) is 2. The van der Waals surface area contributed by atoms with Crippen LogP contribution in [0.3, 0.4) is 0 Å². The summed E-state index contributed by atoms with van der Waals surface area (Å²) in [5, 5.41) is 3.29. The Morgan fingerprint density at radius 2 is 1.93 bits per heavy atom. The highest BCUT2D eigenvalue weighted by molar-refractivity contribution is 7.17. The predicted molar refractivity (Wildman–Crippen MR) is 107 cm³/mol. The van der Waals surface area contributed by atoms with Gasteiger partial charge in [-0.25, -0.2) is 0 Å². The van der Waals surface area contributed by atoms with Crippen LogP contribution in [0, 0.1) is 12.8 Å². The quantitative estimate of drug-likeness (QED) is 0.829. The fourth-order valence-corrected chi connectivity index (χ4v) is 4.52. The molecular weight excluding hydrogens is 362 g/mol. The van der Waals surface area contributed by atoms with Gasteiger partial charge in [0.25, 0.3) is 5.91 Å². The summed E-state index contributed by atoms with van der Waals surface area (Å²) in [5.74, 6) is -1.29. The zero-order valence-corrected chi connectivity index (χ0v) is 16.4. The van der Waals surface area contributed by atoms with Gasteiger partial charge >= 0.3 is 0 Å². The molecule has 6 nitrogen and oxygen atoms in total. The van der Waals surface area contributed by atoms with Crippen molar-refractivity contribution in [1.82, 2.24) is 4.90 Å². The number of benzene rings is 1. The molecule has 1 aliphatic rings. The van der Waals surface area contributed by atoms with Gasteiger partial charge in [0.2, 0.25) is 11.8 Å². The minimum atomic E-state index is -0.584. The SMILES string of the molecule is Cc1sc(NC(=O)C2CC(=O)N(C(C)C)C2)c(C(N)=O)c1-c1ccccc1. The molecule has 142 valence electrons. The van der Waals surface area contributed by atoms with Crippen molar-refractivity contribution in [3.8, 4) is 11.1 Å². The van der Waals surface area contributed by atoms with E-state index in [4.69, 9.17) is 5.73 Å². The number of thiophene rings is 1. The maximum Gasteiger partial charge on any atom is 0.252 e. The van der Waals surface area contributed by atoms with E-state index in [1.807, 2.05) is 51.1 Å². The molecule has 1 unspecified atom stereocenters. The summed E-state index contributed by atoms with van der Waals surface area (Å²) < 4.78 is 0. The van der Waals surface area contributed by atoms with Crippen LogP contribution >= 0.6 is 11.3 Å². The molecule has 1 aromatic carbocycles. The molecule has 0 bridgehead atoms. The number of aryl methyl sites for hydroxylation is 1. The number of nitrogens with zero attached hydrogens (tertiary/aromatic N) is 1. The van der Waals surface area contributed by atoms with Gasteiger partial charge in [-0.15, -0.1) is 11.3 Å². The standard InChI is InChI=1S/C20H23N3O3S/c1-11(2)23-10-14(9-15(23)24)19(26)22-20-17(18(21)25)16(12(3)27-20)13-7-5-4-6-8-13/h4-8,11,14H,9-10H2,1-3H3,(H2,21,25)(H,22,26). The van der Waals surface area contributed by atoms with E-state index in [1.54, 1.807) is 4.90 Å². The zero-order chi connectivity index (χ0) is 19.7. The third kappa shape index (κ3) is 3.73. The van der Waals surface area contributed by atoms with Crippen LogP contribution in [0.4, 0.5) is 5.00 Å². The molecule has 0 aliphatic carbocycles. The molecule has 1 fully saturated rings. The van der Waals surface area contributed by atoms with Crippen LogP contribution in [0.25, 0.3) is 11.1 Å². The Labute approximate surface area is 162 Å². The van der Waals surface area contributed by atoms with Gasteiger partial charge in [-0.05, 0) is 26.3 Å². The number of likely N-dealkylation sites (tertiary alicyclic amines) is 1. The molecule has 27 heavy (non-hydrogen) atoms. The lowest BCUT2D eigenvalue weighted by molar-refractivity contribution is -0.129. The number of primary amides is 1. The molecule has 2 aromatic rings. The molecule has 0 spiro atoms. The molecule has 1 aliphatic heterocycles. The number of rotatable bonds is 5. The summed E-state index contributed by atoms with van der Waals surface area (Å²) in [6.45, 7) is 6.15. The second-order valence-corrected chi connectivity index (χ2v) is 8.22. The number of amides is 3. The first kappa shape index (κ1) is 19.1. The third-order valence-electron chi connectivity index (χ3n) is 4.78. The van der Waals surface area contributed by atoms with E-state index in [9.17, 15) is 14.4 Å². The van der Waals surface area contributed by atoms with Crippen LogP contribution in [0.2, 0.25) is 0 Å². The Kier molecular flexibility index (Phi) is 5.32. The summed E-state index contributed by atoms with van der Waals surface area (Å²) in [6.07, 6.45) is 0.186. The monoisotopic (exact) mass is 385 g/mol. The first-order chi connectivity index (χ1) is 12.8. The van der Waals surface area contributed by atoms with Crippen molar-refractivity contribution in [2.24, 2.45) is 11.7 Å². The van der Waals surface area contributed by atoms with Gasteiger partial charge in [0.05, 0.1) is 11.5 Å². The molecule has 3 N–H and O–H groups in total. The van der Waals surface area contributed by atoms with Crippen molar-refractivity contribution in [2.45, 2.75) is 33.2 Å². The molecule has 0 saturated carbocycles. The number of carbonyl (C=O) groups excluding carboxylic acids is 3. The lowest BCUT2D eigenvalue weighted by Crippen LogP contribution is -2.33. The fraction of sp³-hybridized carbons (Fsp3) is 0.350. The molecule has 3 rings (SSSR count). The normalized spacial score (nSPS) is 16.8. The first-order valence-corrected chi connectivity index (χ1v) is 9.70. The average Bonchev–Trinajstić information content (AvgIpc) is 3.16. The molecule has 3 amide bonds. The molecule has 2 heterocycles. The van der Waals surface area contributed by atoms with E-state index in [0.29, 0.717) is 17.1 Å². The van der Waals surface area contributed by atoms with Crippen LogP contribution in [-0.4, -0.2) is 35.2 Å². The minimum Gasteiger partial charge on any atom is -0.365 e. The van der Waals surface area contributed by atoms with Crippen molar-refractivity contribution < 1.29 is 14.4 Å². The van der Waals surface area contributed by atoms with Gasteiger partial charge in [-0.1, -0.05) is 30.3 Å². The van der Waals surface area contributed by atoms with Crippen LogP contribution in [0.15, 0.2) is 30.3 Å². The summed E-state index contributed by atoms with van der Waals surface area (Å²) >= 11 is 1.33. The number of hydrogen-bond acceptors (Lipinski definition) is 4. The number of anilines is 1. The van der Waals surface area contributed by atoms with E-state index in [-0.39, 0.29) is 24.3 Å². The van der Waals surface area contributed by atoms with Gasteiger partial charge in [0.1, 0.15) is 5.00 Å². The molecular formula is C20H23N3O3S. The van der Waals surface area contributed by atoms with Gasteiger partial charge in [-0.3, -0.25) is 14.4 Å². The van der Waals surface area contributed by atoms with Gasteiger partial charge < -0.3 is 16.0 Å². The number of carbonyl (C=O) groups is 3. The Hall–Kier alpha value is -2.67. The summed E-state index contributed by atoms with van der Waals surface area (Å²) in [6, 6.07) is 9.55. The highest BCUT2D eigenvalue weighted by atomic mass is 32.1. The Bertz CT molecular complexity index is 889. The maximum atomic E-state index is 12.7. The van der Waals surface area contributed by atoms with Crippen molar-refractivity contribution in [1.29, 1.82) is 0 Å². The van der Waals surface area contributed by atoms with E-state index in [0.717, 1.165) is 16.0 Å². The Balaban J connectivity index is 1.89. The lowest BCUT2D eigenvalue weighted by atomic mass is 10.0. The van der Waals surface area contributed by atoms with Crippen LogP contribution in [0.5, 0.6) is 0 Å². The van der Waals surface area contributed by atoms with Gasteiger partial charge in [-0.2, -0.15) is 0 Å². The van der Waals surface area contributed by atoms with Crippen LogP contribution < -0.4 is 11.1 Å². The smallest absolute Gasteiger partial charge is 0.252 e. The molecule has 1 atom stereocenters. The van der Waals surface area contributed by atoms with Gasteiger partial charge in [0, 0.05) is 29.4 Å². The third-order valence-corrected chi connectivity index (χ3v) is 5.80. The predicted octanol–water partition coefficient (Wildman–Crippen LogP) is 3.02.